The van der Waals surface area contributed by atoms with Gasteiger partial charge in [0, 0.05) is 6.61 Å². The molecule has 0 aliphatic carbocycles. The third-order valence-corrected chi connectivity index (χ3v) is 1.67. The van der Waals surface area contributed by atoms with Gasteiger partial charge in [0.2, 0.25) is 0 Å². The first-order chi connectivity index (χ1) is 4.22. The molecule has 1 saturated heterocycles. The molecule has 0 radical (unpaired) electrons. The minimum atomic E-state index is -0.696. The van der Waals surface area contributed by atoms with Crippen molar-refractivity contribution in [2.45, 2.75) is 31.7 Å². The van der Waals surface area contributed by atoms with Crippen molar-refractivity contribution >= 4 is 0 Å². The molecule has 3 atom stereocenters. The summed E-state index contributed by atoms with van der Waals surface area (Å²) in [5.74, 6) is 0. The normalized spacial score (nSPS) is 45.0. The molecular weight excluding hydrogens is 120 g/mol. The molecule has 3 nitrogen and oxygen atoms in total. The average molecular weight is 132 g/mol. The maximum absolute atomic E-state index is 9.07. The highest BCUT2D eigenvalue weighted by atomic mass is 16.5. The highest BCUT2D eigenvalue weighted by Gasteiger charge is 2.27. The van der Waals surface area contributed by atoms with E-state index in [1.54, 1.807) is 6.92 Å². The van der Waals surface area contributed by atoms with E-state index in [4.69, 9.17) is 14.9 Å². The van der Waals surface area contributed by atoms with E-state index in [1.807, 2.05) is 0 Å². The molecule has 1 fully saturated rings. The number of aliphatic hydroxyl groups is 2. The van der Waals surface area contributed by atoms with E-state index in [0.717, 1.165) is 0 Å². The van der Waals surface area contributed by atoms with E-state index in [1.165, 1.54) is 0 Å². The Morgan fingerprint density at radius 1 is 1.44 bits per heavy atom. The second-order valence-corrected chi connectivity index (χ2v) is 2.42. The highest BCUT2D eigenvalue weighted by molar-refractivity contribution is 4.77. The van der Waals surface area contributed by atoms with E-state index in [0.29, 0.717) is 13.0 Å². The summed E-state index contributed by atoms with van der Waals surface area (Å²) in [5.41, 5.74) is 0. The van der Waals surface area contributed by atoms with Crippen LogP contribution in [0, 0.1) is 0 Å². The van der Waals surface area contributed by atoms with Crippen LogP contribution in [0.2, 0.25) is 0 Å². The third kappa shape index (κ3) is 1.41. The molecule has 2 N–H and O–H groups in total. The summed E-state index contributed by atoms with van der Waals surface area (Å²) >= 11 is 0. The van der Waals surface area contributed by atoms with Crippen molar-refractivity contribution in [3.63, 3.8) is 0 Å². The van der Waals surface area contributed by atoms with Gasteiger partial charge < -0.3 is 14.9 Å². The molecule has 3 heteroatoms. The average Bonchev–Trinajstić information content (AvgIpc) is 1.83. The maximum atomic E-state index is 9.07. The lowest BCUT2D eigenvalue weighted by Crippen LogP contribution is -2.42. The van der Waals surface area contributed by atoms with Crippen molar-refractivity contribution in [3.8, 4) is 0 Å². The molecular formula is C6H12O3. The molecule has 54 valence electrons. The van der Waals surface area contributed by atoms with Crippen molar-refractivity contribution < 1.29 is 14.9 Å². The molecule has 1 aliphatic heterocycles. The Balaban J connectivity index is 2.41. The summed E-state index contributed by atoms with van der Waals surface area (Å²) in [6.07, 6.45) is -0.952. The molecule has 0 aromatic carbocycles. The monoisotopic (exact) mass is 132 g/mol. The quantitative estimate of drug-likeness (QED) is 0.468. The van der Waals surface area contributed by atoms with Crippen LogP contribution in [0.3, 0.4) is 0 Å². The van der Waals surface area contributed by atoms with Crippen LogP contribution >= 0.6 is 0 Å². The van der Waals surface area contributed by atoms with Crippen molar-refractivity contribution in [2.75, 3.05) is 6.61 Å². The smallest absolute Gasteiger partial charge is 0.106 e. The van der Waals surface area contributed by atoms with Crippen molar-refractivity contribution in [1.29, 1.82) is 0 Å². The summed E-state index contributed by atoms with van der Waals surface area (Å²) in [7, 11) is 0. The Labute approximate surface area is 54.3 Å². The van der Waals surface area contributed by atoms with Gasteiger partial charge in [-0.2, -0.15) is 0 Å². The van der Waals surface area contributed by atoms with Gasteiger partial charge in [-0.25, -0.2) is 0 Å². The van der Waals surface area contributed by atoms with Crippen LogP contribution in [0.15, 0.2) is 0 Å². The first-order valence-electron chi connectivity index (χ1n) is 3.19. The molecule has 1 aliphatic rings. The molecule has 1 rings (SSSR count). The van der Waals surface area contributed by atoms with Gasteiger partial charge in [0.05, 0.1) is 12.2 Å². The molecule has 0 aromatic rings. The summed E-state index contributed by atoms with van der Waals surface area (Å²) in [5, 5.41) is 18.1. The number of aliphatic hydroxyl groups excluding tert-OH is 2. The predicted molar refractivity (Wildman–Crippen MR) is 32.0 cm³/mol. The summed E-state index contributed by atoms with van der Waals surface area (Å²) in [6, 6.07) is 0. The molecule has 9 heavy (non-hydrogen) atoms. The van der Waals surface area contributed by atoms with E-state index in [9.17, 15) is 0 Å². The summed E-state index contributed by atoms with van der Waals surface area (Å²) in [6.45, 7) is 2.31. The standard InChI is InChI=1S/C6H12O3/c1-4-6(8)5(7)2-3-9-4/h4-8H,2-3H2,1H3/t4-,5+,6?/m1/s1. The van der Waals surface area contributed by atoms with Gasteiger partial charge in [-0.05, 0) is 13.3 Å². The van der Waals surface area contributed by atoms with Crippen LogP contribution in [-0.4, -0.2) is 35.1 Å². The fourth-order valence-electron chi connectivity index (χ4n) is 0.957. The molecule has 0 saturated carbocycles. The Kier molecular flexibility index (Phi) is 2.05. The Bertz CT molecular complexity index is 84.3. The first kappa shape index (κ1) is 6.99. The summed E-state index contributed by atoms with van der Waals surface area (Å²) in [4.78, 5) is 0. The fraction of sp³-hybridized carbons (Fsp3) is 1.00. The number of ether oxygens (including phenoxy) is 1. The minimum absolute atomic E-state index is 0.214. The van der Waals surface area contributed by atoms with E-state index < -0.39 is 12.2 Å². The predicted octanol–water partition coefficient (Wildman–Crippen LogP) is -0.483. The SMILES string of the molecule is C[C@H]1OCC[C@H](O)C1O. The molecule has 0 spiro atoms. The summed E-state index contributed by atoms with van der Waals surface area (Å²) < 4.78 is 5.05. The van der Waals surface area contributed by atoms with Gasteiger partial charge in [-0.1, -0.05) is 0 Å². The Hall–Kier alpha value is -0.120. The van der Waals surface area contributed by atoms with Crippen LogP contribution in [0.4, 0.5) is 0 Å². The van der Waals surface area contributed by atoms with Crippen LogP contribution in [-0.2, 0) is 4.74 Å². The number of rotatable bonds is 0. The lowest BCUT2D eigenvalue weighted by atomic mass is 10.0. The zero-order chi connectivity index (χ0) is 6.85. The van der Waals surface area contributed by atoms with Gasteiger partial charge in [-0.15, -0.1) is 0 Å². The Morgan fingerprint density at radius 3 is 2.56 bits per heavy atom. The van der Waals surface area contributed by atoms with Crippen LogP contribution in [0.25, 0.3) is 0 Å². The molecule has 1 heterocycles. The topological polar surface area (TPSA) is 49.7 Å². The van der Waals surface area contributed by atoms with E-state index >= 15 is 0 Å². The van der Waals surface area contributed by atoms with Gasteiger partial charge in [-0.3, -0.25) is 0 Å². The highest BCUT2D eigenvalue weighted by Crippen LogP contribution is 2.13. The second kappa shape index (κ2) is 2.64. The third-order valence-electron chi connectivity index (χ3n) is 1.67. The van der Waals surface area contributed by atoms with Crippen molar-refractivity contribution in [1.82, 2.24) is 0 Å². The second-order valence-electron chi connectivity index (χ2n) is 2.42. The lowest BCUT2D eigenvalue weighted by Gasteiger charge is -2.29. The molecule has 1 unspecified atom stereocenters. The van der Waals surface area contributed by atoms with Gasteiger partial charge in [0.25, 0.3) is 0 Å². The van der Waals surface area contributed by atoms with E-state index in [-0.39, 0.29) is 6.10 Å². The molecule has 0 bridgehead atoms. The van der Waals surface area contributed by atoms with Gasteiger partial charge >= 0.3 is 0 Å². The number of hydrogen-bond acceptors (Lipinski definition) is 3. The lowest BCUT2D eigenvalue weighted by molar-refractivity contribution is -0.127. The van der Waals surface area contributed by atoms with Crippen LogP contribution in [0.5, 0.6) is 0 Å². The van der Waals surface area contributed by atoms with Crippen molar-refractivity contribution in [3.05, 3.63) is 0 Å². The maximum Gasteiger partial charge on any atom is 0.106 e. The van der Waals surface area contributed by atoms with Crippen LogP contribution in [0.1, 0.15) is 13.3 Å². The molecule has 0 aromatic heterocycles. The van der Waals surface area contributed by atoms with Gasteiger partial charge in [0.1, 0.15) is 6.10 Å². The van der Waals surface area contributed by atoms with Crippen molar-refractivity contribution in [2.24, 2.45) is 0 Å². The largest absolute Gasteiger partial charge is 0.390 e. The number of hydrogen-bond donors (Lipinski definition) is 2. The minimum Gasteiger partial charge on any atom is -0.390 e. The first-order valence-corrected chi connectivity index (χ1v) is 3.19. The zero-order valence-corrected chi connectivity index (χ0v) is 5.45. The van der Waals surface area contributed by atoms with Gasteiger partial charge in [0.15, 0.2) is 0 Å². The zero-order valence-electron chi connectivity index (χ0n) is 5.45. The van der Waals surface area contributed by atoms with E-state index in [2.05, 4.69) is 0 Å². The van der Waals surface area contributed by atoms with Crippen LogP contribution < -0.4 is 0 Å². The Morgan fingerprint density at radius 2 is 2.11 bits per heavy atom. The fourth-order valence-corrected chi connectivity index (χ4v) is 0.957. The molecule has 0 amide bonds.